The van der Waals surface area contributed by atoms with E-state index in [1.165, 1.54) is 0 Å². The molecule has 104 valence electrons. The van der Waals surface area contributed by atoms with Gasteiger partial charge in [0.25, 0.3) is 0 Å². The normalized spacial score (nSPS) is 16.1. The zero-order chi connectivity index (χ0) is 13.7. The molecular weight excluding hydrogens is 264 g/mol. The molecule has 0 spiro atoms. The Morgan fingerprint density at radius 2 is 2.16 bits per heavy atom. The number of carbonyl (C=O) groups is 1. The summed E-state index contributed by atoms with van der Waals surface area (Å²) in [6.45, 7) is 0. The first kappa shape index (κ1) is 14.1. The number of thioether (sulfide) groups is 1. The van der Waals surface area contributed by atoms with Crippen LogP contribution in [0.5, 0.6) is 11.5 Å². The minimum Gasteiger partial charge on any atom is -0.493 e. The largest absolute Gasteiger partial charge is 0.493 e. The third-order valence-corrected chi connectivity index (χ3v) is 4.12. The van der Waals surface area contributed by atoms with Gasteiger partial charge in [0.15, 0.2) is 11.5 Å². The van der Waals surface area contributed by atoms with Crippen LogP contribution in [0, 0.1) is 0 Å². The first-order valence-corrected chi connectivity index (χ1v) is 7.48. The fourth-order valence-corrected chi connectivity index (χ4v) is 3.22. The number of ether oxygens (including phenoxy) is 2. The Hall–Kier alpha value is -1.36. The lowest BCUT2D eigenvalue weighted by Gasteiger charge is -2.24. The molecule has 5 heteroatoms. The summed E-state index contributed by atoms with van der Waals surface area (Å²) in [5.74, 6) is 2.55. The summed E-state index contributed by atoms with van der Waals surface area (Å²) in [7, 11) is 1.55. The van der Waals surface area contributed by atoms with Crippen molar-refractivity contribution in [1.82, 2.24) is 0 Å². The zero-order valence-electron chi connectivity index (χ0n) is 10.9. The van der Waals surface area contributed by atoms with Crippen molar-refractivity contribution < 1.29 is 19.4 Å². The van der Waals surface area contributed by atoms with E-state index in [-0.39, 0.29) is 12.5 Å². The Labute approximate surface area is 117 Å². The fraction of sp³-hybridized carbons (Fsp3) is 0.500. The molecule has 0 radical (unpaired) electrons. The van der Waals surface area contributed by atoms with Crippen molar-refractivity contribution >= 4 is 17.7 Å². The highest BCUT2D eigenvalue weighted by Crippen LogP contribution is 2.34. The van der Waals surface area contributed by atoms with Gasteiger partial charge in [0.05, 0.1) is 13.5 Å². The van der Waals surface area contributed by atoms with Crippen molar-refractivity contribution in [2.75, 3.05) is 18.6 Å². The van der Waals surface area contributed by atoms with E-state index < -0.39 is 5.97 Å². The third kappa shape index (κ3) is 3.80. The van der Waals surface area contributed by atoms with Gasteiger partial charge < -0.3 is 14.6 Å². The van der Waals surface area contributed by atoms with Crippen LogP contribution < -0.4 is 9.47 Å². The average molecular weight is 282 g/mol. The van der Waals surface area contributed by atoms with Crippen LogP contribution in [0.15, 0.2) is 18.2 Å². The van der Waals surface area contributed by atoms with E-state index in [9.17, 15) is 4.79 Å². The molecule has 0 atom stereocenters. The summed E-state index contributed by atoms with van der Waals surface area (Å²) in [4.78, 5) is 10.8. The van der Waals surface area contributed by atoms with Gasteiger partial charge in [-0.25, -0.2) is 0 Å². The lowest BCUT2D eigenvalue weighted by molar-refractivity contribution is -0.136. The van der Waals surface area contributed by atoms with Crippen molar-refractivity contribution in [1.29, 1.82) is 0 Å². The number of para-hydroxylation sites is 1. The van der Waals surface area contributed by atoms with Crippen molar-refractivity contribution in [3.05, 3.63) is 23.8 Å². The Balaban J connectivity index is 2.16. The van der Waals surface area contributed by atoms with E-state index in [2.05, 4.69) is 0 Å². The average Bonchev–Trinajstić information content (AvgIpc) is 2.39. The van der Waals surface area contributed by atoms with Crippen LogP contribution in [-0.2, 0) is 11.2 Å². The third-order valence-electron chi connectivity index (χ3n) is 3.07. The number of carboxylic acid groups (broad SMARTS) is 1. The van der Waals surface area contributed by atoms with Crippen LogP contribution in [-0.4, -0.2) is 35.8 Å². The highest BCUT2D eigenvalue weighted by atomic mass is 32.2. The maximum absolute atomic E-state index is 10.8. The number of methoxy groups -OCH3 is 1. The number of rotatable bonds is 5. The molecule has 0 aromatic heterocycles. The molecule has 0 bridgehead atoms. The van der Waals surface area contributed by atoms with E-state index in [0.29, 0.717) is 17.1 Å². The second kappa shape index (κ2) is 6.70. The minimum atomic E-state index is -0.871. The monoisotopic (exact) mass is 282 g/mol. The van der Waals surface area contributed by atoms with Crippen molar-refractivity contribution in [2.45, 2.75) is 25.4 Å². The predicted molar refractivity (Wildman–Crippen MR) is 75.3 cm³/mol. The van der Waals surface area contributed by atoms with E-state index in [4.69, 9.17) is 14.6 Å². The first-order valence-electron chi connectivity index (χ1n) is 6.32. The summed E-state index contributed by atoms with van der Waals surface area (Å²) in [5.41, 5.74) is 0.651. The number of benzene rings is 1. The Morgan fingerprint density at radius 1 is 1.42 bits per heavy atom. The van der Waals surface area contributed by atoms with Crippen LogP contribution in [0.3, 0.4) is 0 Å². The Morgan fingerprint density at radius 3 is 2.79 bits per heavy atom. The molecule has 1 aromatic carbocycles. The van der Waals surface area contributed by atoms with E-state index in [1.807, 2.05) is 23.9 Å². The molecule has 0 unspecified atom stereocenters. The molecule has 19 heavy (non-hydrogen) atoms. The van der Waals surface area contributed by atoms with E-state index in [1.54, 1.807) is 13.2 Å². The van der Waals surface area contributed by atoms with Gasteiger partial charge in [0.1, 0.15) is 6.10 Å². The topological polar surface area (TPSA) is 55.8 Å². The predicted octanol–water partition coefficient (Wildman–Crippen LogP) is 2.60. The molecule has 1 fully saturated rings. The lowest BCUT2D eigenvalue weighted by atomic mass is 10.1. The minimum absolute atomic E-state index is 0.0547. The van der Waals surface area contributed by atoms with Crippen LogP contribution in [0.25, 0.3) is 0 Å². The summed E-state index contributed by atoms with van der Waals surface area (Å²) >= 11 is 1.94. The summed E-state index contributed by atoms with van der Waals surface area (Å²) in [6, 6.07) is 5.41. The van der Waals surface area contributed by atoms with Crippen LogP contribution in [0.4, 0.5) is 0 Å². The molecule has 2 rings (SSSR count). The quantitative estimate of drug-likeness (QED) is 0.899. The van der Waals surface area contributed by atoms with Gasteiger partial charge >= 0.3 is 5.97 Å². The second-order valence-corrected chi connectivity index (χ2v) is 5.67. The molecule has 4 nitrogen and oxygen atoms in total. The van der Waals surface area contributed by atoms with Gasteiger partial charge in [0.2, 0.25) is 0 Å². The second-order valence-electron chi connectivity index (χ2n) is 4.45. The number of aliphatic carboxylic acids is 1. The Bertz CT molecular complexity index is 441. The number of hydrogen-bond acceptors (Lipinski definition) is 4. The van der Waals surface area contributed by atoms with Crippen LogP contribution in [0.2, 0.25) is 0 Å². The lowest BCUT2D eigenvalue weighted by Crippen LogP contribution is -2.22. The molecule has 1 heterocycles. The molecule has 1 saturated heterocycles. The van der Waals surface area contributed by atoms with Crippen LogP contribution >= 0.6 is 11.8 Å². The van der Waals surface area contributed by atoms with Crippen molar-refractivity contribution in [2.24, 2.45) is 0 Å². The van der Waals surface area contributed by atoms with Gasteiger partial charge in [-0.2, -0.15) is 11.8 Å². The van der Waals surface area contributed by atoms with E-state index in [0.717, 1.165) is 24.3 Å². The van der Waals surface area contributed by atoms with Crippen molar-refractivity contribution in [3.8, 4) is 11.5 Å². The van der Waals surface area contributed by atoms with Crippen molar-refractivity contribution in [3.63, 3.8) is 0 Å². The molecule has 1 aliphatic rings. The highest BCUT2D eigenvalue weighted by Gasteiger charge is 2.19. The standard InChI is InChI=1S/C14H18O4S/c1-17-14-10(9-13(15)16)3-2-4-12(14)18-11-5-7-19-8-6-11/h2-4,11H,5-9H2,1H3,(H,15,16). The molecule has 1 aromatic rings. The molecular formula is C14H18O4S. The number of carboxylic acids is 1. The molecule has 0 aliphatic carbocycles. The van der Waals surface area contributed by atoms with Gasteiger partial charge in [0, 0.05) is 5.56 Å². The maximum Gasteiger partial charge on any atom is 0.307 e. The number of hydrogen-bond donors (Lipinski definition) is 1. The Kier molecular flexibility index (Phi) is 4.96. The first-order chi connectivity index (χ1) is 9.20. The van der Waals surface area contributed by atoms with Gasteiger partial charge in [-0.05, 0) is 30.4 Å². The van der Waals surface area contributed by atoms with Gasteiger partial charge in [-0.1, -0.05) is 12.1 Å². The smallest absolute Gasteiger partial charge is 0.307 e. The highest BCUT2D eigenvalue weighted by molar-refractivity contribution is 7.99. The molecule has 1 aliphatic heterocycles. The summed E-state index contributed by atoms with van der Waals surface area (Å²) in [6.07, 6.45) is 2.20. The van der Waals surface area contributed by atoms with E-state index >= 15 is 0 Å². The summed E-state index contributed by atoms with van der Waals surface area (Å²) in [5, 5.41) is 8.90. The molecule has 0 amide bonds. The van der Waals surface area contributed by atoms with Crippen LogP contribution in [0.1, 0.15) is 18.4 Å². The SMILES string of the molecule is COc1c(CC(=O)O)cccc1OC1CCSCC1. The zero-order valence-corrected chi connectivity index (χ0v) is 11.7. The molecule has 0 saturated carbocycles. The maximum atomic E-state index is 10.8. The summed E-state index contributed by atoms with van der Waals surface area (Å²) < 4.78 is 11.3. The van der Waals surface area contributed by atoms with Gasteiger partial charge in [-0.3, -0.25) is 4.79 Å². The molecule has 1 N–H and O–H groups in total. The van der Waals surface area contributed by atoms with Gasteiger partial charge in [-0.15, -0.1) is 0 Å². The fourth-order valence-electron chi connectivity index (χ4n) is 2.16.